The maximum Gasteiger partial charge on any atom is 0.351 e. The highest BCUT2D eigenvalue weighted by Crippen LogP contribution is 2.39. The minimum Gasteiger partial charge on any atom is -0.457 e. The lowest BCUT2D eigenvalue weighted by molar-refractivity contribution is -0.137. The molecule has 0 radical (unpaired) electrons. The van der Waals surface area contributed by atoms with E-state index in [0.29, 0.717) is 18.0 Å². The number of carbonyl (C=O) groups is 2. The van der Waals surface area contributed by atoms with Crippen LogP contribution in [0.2, 0.25) is 0 Å². The molecule has 1 aliphatic rings. The van der Waals surface area contributed by atoms with Crippen LogP contribution in [0, 0.1) is 11.3 Å². The maximum atomic E-state index is 12.6. The highest BCUT2D eigenvalue weighted by molar-refractivity contribution is 9.11. The third-order valence-corrected chi connectivity index (χ3v) is 6.55. The highest BCUT2D eigenvalue weighted by Gasteiger charge is 2.39. The molecular formula is C17H17BrN2O3S2. The summed E-state index contributed by atoms with van der Waals surface area (Å²) in [5, 5.41) is 9.45. The molecule has 132 valence electrons. The Morgan fingerprint density at radius 2 is 2.32 bits per heavy atom. The lowest BCUT2D eigenvalue weighted by Crippen LogP contribution is -2.29. The Morgan fingerprint density at radius 3 is 2.88 bits per heavy atom. The SMILES string of the molecule is C=CCOC(=O)C(C#N)=C1SC(CCc2ccc(Br)s2)C(=O)N1CC. The molecule has 5 nitrogen and oxygen atoms in total. The van der Waals surface area contributed by atoms with Crippen molar-refractivity contribution in [3.8, 4) is 6.07 Å². The van der Waals surface area contributed by atoms with Crippen LogP contribution in [0.1, 0.15) is 18.2 Å². The number of nitrogens with zero attached hydrogens (tertiary/aromatic N) is 2. The number of esters is 1. The number of rotatable bonds is 7. The van der Waals surface area contributed by atoms with Gasteiger partial charge in [0, 0.05) is 11.4 Å². The van der Waals surface area contributed by atoms with Crippen LogP contribution < -0.4 is 0 Å². The fourth-order valence-corrected chi connectivity index (χ4v) is 5.17. The first-order chi connectivity index (χ1) is 12.0. The second-order valence-electron chi connectivity index (χ2n) is 5.11. The first kappa shape index (κ1) is 19.8. The lowest BCUT2D eigenvalue weighted by Gasteiger charge is -2.15. The summed E-state index contributed by atoms with van der Waals surface area (Å²) in [5.41, 5.74) is -0.122. The number of nitriles is 1. The van der Waals surface area contributed by atoms with E-state index in [1.54, 1.807) is 11.3 Å². The third kappa shape index (κ3) is 4.75. The molecular weight excluding hydrogens is 424 g/mol. The van der Waals surface area contributed by atoms with Gasteiger partial charge in [-0.15, -0.1) is 11.3 Å². The van der Waals surface area contributed by atoms with Crippen molar-refractivity contribution in [1.29, 1.82) is 5.26 Å². The molecule has 1 aromatic rings. The van der Waals surface area contributed by atoms with Crippen molar-refractivity contribution in [2.45, 2.75) is 25.0 Å². The van der Waals surface area contributed by atoms with Gasteiger partial charge in [0.25, 0.3) is 0 Å². The largest absolute Gasteiger partial charge is 0.457 e. The van der Waals surface area contributed by atoms with Crippen LogP contribution in [0.5, 0.6) is 0 Å². The van der Waals surface area contributed by atoms with E-state index in [2.05, 4.69) is 22.5 Å². The fraction of sp³-hybridized carbons (Fsp3) is 0.353. The van der Waals surface area contributed by atoms with Crippen molar-refractivity contribution in [2.75, 3.05) is 13.2 Å². The maximum absolute atomic E-state index is 12.6. The van der Waals surface area contributed by atoms with E-state index in [4.69, 9.17) is 4.74 Å². The molecule has 8 heteroatoms. The molecule has 0 aliphatic carbocycles. The minimum absolute atomic E-state index is 0.0265. The Balaban J connectivity index is 2.17. The quantitative estimate of drug-likeness (QED) is 0.278. The van der Waals surface area contributed by atoms with Gasteiger partial charge in [0.2, 0.25) is 5.91 Å². The highest BCUT2D eigenvalue weighted by atomic mass is 79.9. The monoisotopic (exact) mass is 440 g/mol. The molecule has 1 aliphatic heterocycles. The number of amides is 1. The zero-order valence-electron chi connectivity index (χ0n) is 13.7. The molecule has 2 heterocycles. The molecule has 0 spiro atoms. The summed E-state index contributed by atoms with van der Waals surface area (Å²) in [7, 11) is 0. The van der Waals surface area contributed by atoms with Gasteiger partial charge in [-0.25, -0.2) is 4.79 Å². The van der Waals surface area contributed by atoms with Gasteiger partial charge >= 0.3 is 5.97 Å². The minimum atomic E-state index is -0.723. The summed E-state index contributed by atoms with van der Waals surface area (Å²) in [6.07, 6.45) is 2.86. The van der Waals surface area contributed by atoms with Crippen molar-refractivity contribution in [1.82, 2.24) is 4.90 Å². The zero-order chi connectivity index (χ0) is 18.4. The molecule has 1 saturated heterocycles. The van der Waals surface area contributed by atoms with Gasteiger partial charge < -0.3 is 9.64 Å². The van der Waals surface area contributed by atoms with E-state index >= 15 is 0 Å². The van der Waals surface area contributed by atoms with E-state index in [1.807, 2.05) is 25.1 Å². The Hall–Kier alpha value is -1.56. The second-order valence-corrected chi connectivity index (χ2v) is 8.85. The van der Waals surface area contributed by atoms with Crippen LogP contribution in [0.15, 0.2) is 39.2 Å². The van der Waals surface area contributed by atoms with Crippen molar-refractivity contribution in [2.24, 2.45) is 0 Å². The van der Waals surface area contributed by atoms with Gasteiger partial charge in [0.1, 0.15) is 17.7 Å². The van der Waals surface area contributed by atoms with E-state index in [0.717, 1.165) is 10.2 Å². The summed E-state index contributed by atoms with van der Waals surface area (Å²) in [4.78, 5) is 27.4. The molecule has 1 fully saturated rings. The van der Waals surface area contributed by atoms with E-state index in [-0.39, 0.29) is 23.3 Å². The fourth-order valence-electron chi connectivity index (χ4n) is 2.35. The summed E-state index contributed by atoms with van der Waals surface area (Å²) >= 11 is 6.34. The predicted octanol–water partition coefficient (Wildman–Crippen LogP) is 3.87. The van der Waals surface area contributed by atoms with E-state index < -0.39 is 5.97 Å². The number of thiophene rings is 1. The van der Waals surface area contributed by atoms with Crippen LogP contribution in [-0.2, 0) is 20.7 Å². The molecule has 1 atom stereocenters. The predicted molar refractivity (Wildman–Crippen MR) is 103 cm³/mol. The van der Waals surface area contributed by atoms with Gasteiger partial charge in [0.05, 0.1) is 9.04 Å². The number of aryl methyl sites for hydroxylation is 1. The van der Waals surface area contributed by atoms with E-state index in [1.165, 1.54) is 27.6 Å². The van der Waals surface area contributed by atoms with Crippen molar-refractivity contribution < 1.29 is 14.3 Å². The first-order valence-corrected chi connectivity index (χ1v) is 10.1. The molecule has 0 N–H and O–H groups in total. The van der Waals surface area contributed by atoms with Crippen molar-refractivity contribution in [3.63, 3.8) is 0 Å². The van der Waals surface area contributed by atoms with Crippen LogP contribution in [0.3, 0.4) is 0 Å². The molecule has 0 aromatic carbocycles. The molecule has 0 saturated carbocycles. The molecule has 0 bridgehead atoms. The second kappa shape index (κ2) is 9.22. The van der Waals surface area contributed by atoms with Crippen LogP contribution in [0.25, 0.3) is 0 Å². The van der Waals surface area contributed by atoms with Crippen LogP contribution in [0.4, 0.5) is 0 Å². The Morgan fingerprint density at radius 1 is 1.56 bits per heavy atom. The van der Waals surface area contributed by atoms with E-state index in [9.17, 15) is 14.9 Å². The number of thioether (sulfide) groups is 1. The summed E-state index contributed by atoms with van der Waals surface area (Å²) < 4.78 is 6.02. The molecule has 2 rings (SSSR count). The average Bonchev–Trinajstić information content (AvgIpc) is 3.15. The summed E-state index contributed by atoms with van der Waals surface area (Å²) in [6.45, 7) is 5.73. The van der Waals surface area contributed by atoms with Crippen molar-refractivity contribution >= 4 is 50.9 Å². The van der Waals surface area contributed by atoms with Gasteiger partial charge in [-0.05, 0) is 47.8 Å². The molecule has 1 amide bonds. The Bertz CT molecular complexity index is 751. The van der Waals surface area contributed by atoms with Crippen LogP contribution >= 0.6 is 39.0 Å². The van der Waals surface area contributed by atoms with Crippen LogP contribution in [-0.4, -0.2) is 35.2 Å². The topological polar surface area (TPSA) is 70.4 Å². The molecule has 1 aromatic heterocycles. The van der Waals surface area contributed by atoms with Gasteiger partial charge in [-0.2, -0.15) is 5.26 Å². The van der Waals surface area contributed by atoms with Gasteiger partial charge in [-0.3, -0.25) is 4.79 Å². The van der Waals surface area contributed by atoms with Crippen molar-refractivity contribution in [3.05, 3.63) is 44.1 Å². The first-order valence-electron chi connectivity index (χ1n) is 7.66. The lowest BCUT2D eigenvalue weighted by atomic mass is 10.2. The normalized spacial score (nSPS) is 18.8. The Labute approximate surface area is 163 Å². The summed E-state index contributed by atoms with van der Waals surface area (Å²) in [6, 6.07) is 5.90. The summed E-state index contributed by atoms with van der Waals surface area (Å²) in [5.74, 6) is -0.790. The zero-order valence-corrected chi connectivity index (χ0v) is 16.9. The average molecular weight is 441 g/mol. The molecule has 25 heavy (non-hydrogen) atoms. The number of halogens is 1. The molecule has 1 unspecified atom stereocenters. The standard InChI is InChI=1S/C17H17BrN2O3S2/c1-3-9-23-17(22)12(10-19)16-20(4-2)15(21)13(25-16)7-5-11-6-8-14(18)24-11/h3,6,8,13H,1,4-5,7,9H2,2H3. The number of hydrogen-bond donors (Lipinski definition) is 0. The third-order valence-electron chi connectivity index (χ3n) is 3.50. The number of carbonyl (C=O) groups excluding carboxylic acids is 2. The Kier molecular flexibility index (Phi) is 7.29. The van der Waals surface area contributed by atoms with Gasteiger partial charge in [-0.1, -0.05) is 24.4 Å². The smallest absolute Gasteiger partial charge is 0.351 e. The number of ether oxygens (including phenoxy) is 1. The number of hydrogen-bond acceptors (Lipinski definition) is 6. The van der Waals surface area contributed by atoms with Gasteiger partial charge in [0.15, 0.2) is 5.57 Å².